The topological polar surface area (TPSA) is 96.4 Å². The van der Waals surface area contributed by atoms with Crippen molar-refractivity contribution in [2.75, 3.05) is 31.2 Å². The predicted molar refractivity (Wildman–Crippen MR) is 154 cm³/mol. The van der Waals surface area contributed by atoms with E-state index >= 15 is 0 Å². The van der Waals surface area contributed by atoms with Crippen molar-refractivity contribution in [2.45, 2.75) is 77.0 Å². The summed E-state index contributed by atoms with van der Waals surface area (Å²) in [5.74, 6) is -2.60. The van der Waals surface area contributed by atoms with E-state index in [0.717, 1.165) is 16.8 Å². The number of nitrogens with zero attached hydrogens (tertiary/aromatic N) is 2. The highest BCUT2D eigenvalue weighted by Gasteiger charge is 2.80. The molecule has 40 heavy (non-hydrogen) atoms. The summed E-state index contributed by atoms with van der Waals surface area (Å²) < 4.78 is 12.4. The minimum Gasteiger partial charge on any atom is -0.465 e. The Balaban J connectivity index is 1.79. The average Bonchev–Trinajstić information content (AvgIpc) is 3.43. The fourth-order valence-corrected chi connectivity index (χ4v) is 7.11. The van der Waals surface area contributed by atoms with E-state index in [0.29, 0.717) is 38.6 Å². The number of unbranched alkanes of at least 4 members (excludes halogenated alkanes) is 2. The van der Waals surface area contributed by atoms with Gasteiger partial charge in [0.05, 0.1) is 18.1 Å². The van der Waals surface area contributed by atoms with Gasteiger partial charge in [0.15, 0.2) is 0 Å². The molecule has 1 N–H and O–H groups in total. The lowest BCUT2D eigenvalue weighted by molar-refractivity contribution is -0.161. The van der Waals surface area contributed by atoms with Crippen molar-refractivity contribution in [1.82, 2.24) is 4.90 Å². The second kappa shape index (κ2) is 11.9. The van der Waals surface area contributed by atoms with E-state index in [1.54, 1.807) is 22.0 Å². The van der Waals surface area contributed by atoms with Crippen molar-refractivity contribution in [3.63, 3.8) is 0 Å². The fourth-order valence-electron chi connectivity index (χ4n) is 7.11. The van der Waals surface area contributed by atoms with Crippen molar-refractivity contribution >= 4 is 23.5 Å². The van der Waals surface area contributed by atoms with E-state index in [1.807, 2.05) is 45.9 Å². The van der Waals surface area contributed by atoms with Crippen LogP contribution in [0.2, 0.25) is 0 Å². The normalized spacial score (nSPS) is 30.3. The Bertz CT molecular complexity index is 1170. The van der Waals surface area contributed by atoms with Crippen LogP contribution in [0.4, 0.5) is 5.69 Å². The molecule has 0 aliphatic carbocycles. The zero-order valence-corrected chi connectivity index (χ0v) is 24.4. The monoisotopic (exact) mass is 552 g/mol. The van der Waals surface area contributed by atoms with E-state index in [-0.39, 0.29) is 37.5 Å². The van der Waals surface area contributed by atoms with Gasteiger partial charge in [-0.15, -0.1) is 13.2 Å². The van der Waals surface area contributed by atoms with Gasteiger partial charge >= 0.3 is 5.97 Å². The van der Waals surface area contributed by atoms with Crippen LogP contribution in [0.15, 0.2) is 43.5 Å². The minimum atomic E-state index is -1.14. The van der Waals surface area contributed by atoms with Crippen LogP contribution in [0.5, 0.6) is 0 Å². The van der Waals surface area contributed by atoms with Gasteiger partial charge in [0.1, 0.15) is 17.6 Å². The molecule has 0 saturated carbocycles. The number of aryl methyl sites for hydroxylation is 2. The molecular formula is C32H44N2O6. The third-order valence-corrected chi connectivity index (χ3v) is 9.16. The Labute approximate surface area is 238 Å². The molecule has 6 atom stereocenters. The number of fused-ring (bicyclic) bond motifs is 1. The molecule has 3 aliphatic rings. The van der Waals surface area contributed by atoms with Crippen molar-refractivity contribution < 1.29 is 29.0 Å². The number of esters is 1. The lowest BCUT2D eigenvalue weighted by atomic mass is 9.62. The molecule has 3 aliphatic heterocycles. The number of hydrogen-bond donors (Lipinski definition) is 1. The van der Waals surface area contributed by atoms with Crippen LogP contribution in [0.1, 0.15) is 57.1 Å². The van der Waals surface area contributed by atoms with Crippen molar-refractivity contribution in [3.05, 3.63) is 54.6 Å². The van der Waals surface area contributed by atoms with Crippen LogP contribution in [-0.4, -0.2) is 71.3 Å². The highest BCUT2D eigenvalue weighted by atomic mass is 16.6. The third kappa shape index (κ3) is 4.90. The van der Waals surface area contributed by atoms with Gasteiger partial charge in [0.2, 0.25) is 5.91 Å². The Kier molecular flexibility index (Phi) is 8.90. The number of aliphatic hydroxyl groups is 1. The van der Waals surface area contributed by atoms with Crippen LogP contribution in [0, 0.1) is 31.6 Å². The summed E-state index contributed by atoms with van der Waals surface area (Å²) in [7, 11) is 0. The first-order valence-corrected chi connectivity index (χ1v) is 14.5. The first-order valence-electron chi connectivity index (χ1n) is 14.5. The number of amides is 2. The average molecular weight is 553 g/mol. The summed E-state index contributed by atoms with van der Waals surface area (Å²) in [5, 5.41) is 9.29. The lowest BCUT2D eigenvalue weighted by Crippen LogP contribution is -2.57. The van der Waals surface area contributed by atoms with Crippen LogP contribution in [0.3, 0.4) is 0 Å². The van der Waals surface area contributed by atoms with Crippen molar-refractivity contribution in [3.8, 4) is 0 Å². The van der Waals surface area contributed by atoms with Gasteiger partial charge in [-0.05, 0) is 76.0 Å². The number of aliphatic hydroxyl groups excluding tert-OH is 1. The standard InChI is InChI=1S/C32H44N2O6/c1-7-9-18-39-30(38)26-25-28(36)34(16-11-10-12-17-35)27(32(25)20-23(5)31(26,6)40-32)29(37)33(15-8-2)24-19-21(3)13-14-22(24)4/h7-8,13-14,19,23,25-27,35H,1-2,9-12,15-18,20H2,3-6H3/t23?,25-,26-,27?,31+,32?/m0/s1. The quantitative estimate of drug-likeness (QED) is 0.225. The van der Waals surface area contributed by atoms with Gasteiger partial charge in [-0.25, -0.2) is 0 Å². The van der Waals surface area contributed by atoms with E-state index in [9.17, 15) is 19.5 Å². The molecule has 1 aromatic rings. The third-order valence-electron chi connectivity index (χ3n) is 9.16. The van der Waals surface area contributed by atoms with Gasteiger partial charge in [-0.1, -0.05) is 31.2 Å². The highest BCUT2D eigenvalue weighted by molar-refractivity contribution is 6.05. The van der Waals surface area contributed by atoms with Crippen molar-refractivity contribution in [2.24, 2.45) is 17.8 Å². The molecule has 1 spiro atoms. The molecule has 2 bridgehead atoms. The van der Waals surface area contributed by atoms with Crippen molar-refractivity contribution in [1.29, 1.82) is 0 Å². The van der Waals surface area contributed by atoms with E-state index in [2.05, 4.69) is 13.2 Å². The number of rotatable bonds is 13. The molecule has 8 heteroatoms. The number of benzene rings is 1. The second-order valence-corrected chi connectivity index (χ2v) is 11.8. The summed E-state index contributed by atoms with van der Waals surface area (Å²) >= 11 is 0. The number of likely N-dealkylation sites (tertiary alicyclic amines) is 1. The SMILES string of the molecule is C=CCCOC(=O)[C@@H]1[C@H]2C(=O)N(CCCCCO)C(C(=O)N(CC=C)c3cc(C)ccc3C)C23CC(C)[C@@]1(C)O3. The Hall–Kier alpha value is -2.97. The summed E-state index contributed by atoms with van der Waals surface area (Å²) in [6.45, 7) is 16.3. The summed E-state index contributed by atoms with van der Waals surface area (Å²) in [5.41, 5.74) is 0.663. The largest absolute Gasteiger partial charge is 0.465 e. The Morgan fingerprint density at radius 3 is 2.65 bits per heavy atom. The summed E-state index contributed by atoms with van der Waals surface area (Å²) in [4.78, 5) is 45.8. The zero-order chi connectivity index (χ0) is 29.2. The number of carbonyl (C=O) groups excluding carboxylic acids is 3. The zero-order valence-electron chi connectivity index (χ0n) is 24.4. The molecule has 1 aromatic carbocycles. The van der Waals surface area contributed by atoms with E-state index in [4.69, 9.17) is 9.47 Å². The van der Waals surface area contributed by atoms with E-state index in [1.165, 1.54) is 0 Å². The molecule has 3 saturated heterocycles. The minimum absolute atomic E-state index is 0.0632. The van der Waals surface area contributed by atoms with Crippen LogP contribution in [0.25, 0.3) is 0 Å². The molecule has 8 nitrogen and oxygen atoms in total. The molecule has 4 rings (SSSR count). The number of carbonyl (C=O) groups is 3. The number of hydrogen-bond acceptors (Lipinski definition) is 6. The smallest absolute Gasteiger partial charge is 0.312 e. The van der Waals surface area contributed by atoms with Gasteiger partial charge in [-0.2, -0.15) is 0 Å². The van der Waals surface area contributed by atoms with Gasteiger partial charge in [0.25, 0.3) is 5.91 Å². The van der Waals surface area contributed by atoms with Gasteiger partial charge in [0, 0.05) is 25.4 Å². The number of anilines is 1. The molecule has 218 valence electrons. The maximum absolute atomic E-state index is 14.7. The van der Waals surface area contributed by atoms with Crippen LogP contribution >= 0.6 is 0 Å². The van der Waals surface area contributed by atoms with E-state index < -0.39 is 35.0 Å². The highest BCUT2D eigenvalue weighted by Crippen LogP contribution is 2.65. The summed E-state index contributed by atoms with van der Waals surface area (Å²) in [6, 6.07) is 5.07. The first kappa shape index (κ1) is 30.0. The fraction of sp³-hybridized carbons (Fsp3) is 0.594. The van der Waals surface area contributed by atoms with Gasteiger partial charge in [-0.3, -0.25) is 14.4 Å². The molecule has 3 fully saturated rings. The van der Waals surface area contributed by atoms with Crippen LogP contribution < -0.4 is 4.90 Å². The van der Waals surface area contributed by atoms with Gasteiger partial charge < -0.3 is 24.4 Å². The summed E-state index contributed by atoms with van der Waals surface area (Å²) in [6.07, 6.45) is 6.34. The maximum atomic E-state index is 14.7. The maximum Gasteiger partial charge on any atom is 0.312 e. The number of ether oxygens (including phenoxy) is 2. The Morgan fingerprint density at radius 2 is 1.98 bits per heavy atom. The molecule has 3 unspecified atom stereocenters. The molecule has 0 aromatic heterocycles. The molecular weight excluding hydrogens is 508 g/mol. The lowest BCUT2D eigenvalue weighted by Gasteiger charge is -2.37. The molecule has 3 heterocycles. The second-order valence-electron chi connectivity index (χ2n) is 11.8. The molecule has 0 radical (unpaired) electrons. The first-order chi connectivity index (χ1) is 19.1. The van der Waals surface area contributed by atoms with Crippen LogP contribution in [-0.2, 0) is 23.9 Å². The predicted octanol–water partition coefficient (Wildman–Crippen LogP) is 4.12. The Morgan fingerprint density at radius 1 is 1.23 bits per heavy atom. The molecule has 2 amide bonds.